The zero-order valence-corrected chi connectivity index (χ0v) is 9.44. The Balaban J connectivity index is 2.26. The molecule has 2 N–H and O–H groups in total. The summed E-state index contributed by atoms with van der Waals surface area (Å²) in [6, 6.07) is 0. The van der Waals surface area contributed by atoms with Crippen LogP contribution < -0.4 is 10.6 Å². The summed E-state index contributed by atoms with van der Waals surface area (Å²) in [5.41, 5.74) is 0.00710. The summed E-state index contributed by atoms with van der Waals surface area (Å²) in [7, 11) is 0. The molecule has 0 aromatic rings. The van der Waals surface area contributed by atoms with E-state index in [1.807, 2.05) is 0 Å². The second-order valence-electron chi connectivity index (χ2n) is 4.48. The highest BCUT2D eigenvalue weighted by atomic mass is 16.2. The number of amides is 1. The molecule has 84 valence electrons. The zero-order valence-electron chi connectivity index (χ0n) is 9.44. The van der Waals surface area contributed by atoms with E-state index >= 15 is 0 Å². The summed E-state index contributed by atoms with van der Waals surface area (Å²) in [5.74, 6) is 2.50. The van der Waals surface area contributed by atoms with Crippen LogP contribution in [0.1, 0.15) is 39.0 Å². The second-order valence-corrected chi connectivity index (χ2v) is 4.48. The quantitative estimate of drug-likeness (QED) is 0.535. The number of hydrogen-bond acceptors (Lipinski definition) is 2. The van der Waals surface area contributed by atoms with E-state index in [1.54, 1.807) is 0 Å². The molecule has 3 heteroatoms. The van der Waals surface area contributed by atoms with Crippen molar-refractivity contribution in [1.29, 1.82) is 0 Å². The van der Waals surface area contributed by atoms with Gasteiger partial charge in [0.1, 0.15) is 0 Å². The van der Waals surface area contributed by atoms with Crippen molar-refractivity contribution in [2.75, 3.05) is 13.1 Å². The molecule has 1 rings (SSSR count). The van der Waals surface area contributed by atoms with Gasteiger partial charge in [-0.15, -0.1) is 6.42 Å². The second kappa shape index (κ2) is 5.77. The number of terminal acetylenes is 1. The molecule has 0 heterocycles. The lowest BCUT2D eigenvalue weighted by Gasteiger charge is -2.34. The highest BCUT2D eigenvalue weighted by Gasteiger charge is 2.27. The molecule has 1 aliphatic carbocycles. The fourth-order valence-corrected chi connectivity index (χ4v) is 2.09. The van der Waals surface area contributed by atoms with Crippen molar-refractivity contribution in [1.82, 2.24) is 10.6 Å². The molecular weight excluding hydrogens is 188 g/mol. The normalized spacial score (nSPS) is 19.2. The summed E-state index contributed by atoms with van der Waals surface area (Å²) in [6.07, 6.45) is 11.0. The molecule has 0 aliphatic heterocycles. The van der Waals surface area contributed by atoms with E-state index in [2.05, 4.69) is 23.5 Å². The Morgan fingerprint density at radius 3 is 2.67 bits per heavy atom. The highest BCUT2D eigenvalue weighted by Crippen LogP contribution is 2.27. The summed E-state index contributed by atoms with van der Waals surface area (Å²) in [5, 5.41) is 5.98. The van der Waals surface area contributed by atoms with Gasteiger partial charge in [0.25, 0.3) is 0 Å². The van der Waals surface area contributed by atoms with Crippen molar-refractivity contribution in [3.63, 3.8) is 0 Å². The van der Waals surface area contributed by atoms with Gasteiger partial charge in [-0.25, -0.2) is 0 Å². The van der Waals surface area contributed by atoms with Crippen molar-refractivity contribution < 1.29 is 4.79 Å². The van der Waals surface area contributed by atoms with Gasteiger partial charge in [-0.1, -0.05) is 25.2 Å². The van der Waals surface area contributed by atoms with Crippen LogP contribution in [-0.4, -0.2) is 24.5 Å². The van der Waals surface area contributed by atoms with Crippen molar-refractivity contribution in [2.45, 2.75) is 44.6 Å². The number of nitrogens with one attached hydrogen (secondary N) is 2. The zero-order chi connectivity index (χ0) is 11.1. The van der Waals surface area contributed by atoms with E-state index < -0.39 is 0 Å². The van der Waals surface area contributed by atoms with Crippen LogP contribution in [0.15, 0.2) is 0 Å². The van der Waals surface area contributed by atoms with E-state index in [-0.39, 0.29) is 11.4 Å². The van der Waals surface area contributed by atoms with Crippen LogP contribution in [0.3, 0.4) is 0 Å². The topological polar surface area (TPSA) is 41.1 Å². The molecule has 0 unspecified atom stereocenters. The Kier molecular flexibility index (Phi) is 4.64. The highest BCUT2D eigenvalue weighted by molar-refractivity contribution is 5.78. The maximum Gasteiger partial charge on any atom is 0.234 e. The molecule has 0 aromatic heterocycles. The van der Waals surface area contributed by atoms with E-state index in [0.717, 1.165) is 12.8 Å². The van der Waals surface area contributed by atoms with Crippen LogP contribution in [0, 0.1) is 12.3 Å². The van der Waals surface area contributed by atoms with Gasteiger partial charge in [0.2, 0.25) is 5.91 Å². The third-order valence-corrected chi connectivity index (χ3v) is 2.91. The standard InChI is InChI=1S/C12H20N2O/c1-3-9-13-10-11(15)14-12(2)7-5-4-6-8-12/h1,13H,4-10H2,2H3,(H,14,15). The van der Waals surface area contributed by atoms with Gasteiger partial charge in [-0.2, -0.15) is 0 Å². The average molecular weight is 208 g/mol. The van der Waals surface area contributed by atoms with E-state index in [9.17, 15) is 4.79 Å². The smallest absolute Gasteiger partial charge is 0.234 e. The molecule has 0 saturated heterocycles. The summed E-state index contributed by atoms with van der Waals surface area (Å²) in [6.45, 7) is 2.90. The minimum absolute atomic E-state index is 0.00710. The molecule has 3 nitrogen and oxygen atoms in total. The number of carbonyl (C=O) groups excluding carboxylic acids is 1. The molecular formula is C12H20N2O. The van der Waals surface area contributed by atoms with Crippen molar-refractivity contribution in [3.05, 3.63) is 0 Å². The molecule has 0 bridgehead atoms. The third kappa shape index (κ3) is 4.35. The van der Waals surface area contributed by atoms with Crippen molar-refractivity contribution >= 4 is 5.91 Å². The first-order valence-electron chi connectivity index (χ1n) is 5.61. The fraction of sp³-hybridized carbons (Fsp3) is 0.750. The van der Waals surface area contributed by atoms with E-state index in [1.165, 1.54) is 19.3 Å². The van der Waals surface area contributed by atoms with Crippen molar-refractivity contribution in [3.8, 4) is 12.3 Å². The van der Waals surface area contributed by atoms with Gasteiger partial charge in [-0.3, -0.25) is 10.1 Å². The van der Waals surface area contributed by atoms with Gasteiger partial charge >= 0.3 is 0 Å². The number of carbonyl (C=O) groups is 1. The monoisotopic (exact) mass is 208 g/mol. The van der Waals surface area contributed by atoms with Crippen LogP contribution in [0.25, 0.3) is 0 Å². The fourth-order valence-electron chi connectivity index (χ4n) is 2.09. The largest absolute Gasteiger partial charge is 0.350 e. The van der Waals surface area contributed by atoms with Crippen LogP contribution >= 0.6 is 0 Å². The maximum absolute atomic E-state index is 11.5. The Morgan fingerprint density at radius 2 is 2.07 bits per heavy atom. The maximum atomic E-state index is 11.5. The van der Waals surface area contributed by atoms with Crippen molar-refractivity contribution in [2.24, 2.45) is 0 Å². The van der Waals surface area contributed by atoms with Gasteiger partial charge in [0.15, 0.2) is 0 Å². The number of rotatable bonds is 4. The summed E-state index contributed by atoms with van der Waals surface area (Å²) in [4.78, 5) is 11.5. The molecule has 0 aromatic carbocycles. The lowest BCUT2D eigenvalue weighted by atomic mass is 9.83. The molecule has 0 spiro atoms. The molecule has 1 aliphatic rings. The Labute approximate surface area is 92.0 Å². The summed E-state index contributed by atoms with van der Waals surface area (Å²) >= 11 is 0. The van der Waals surface area contributed by atoms with Crippen LogP contribution in [-0.2, 0) is 4.79 Å². The van der Waals surface area contributed by atoms with Crippen LogP contribution in [0.5, 0.6) is 0 Å². The van der Waals surface area contributed by atoms with Gasteiger partial charge < -0.3 is 5.32 Å². The van der Waals surface area contributed by atoms with Gasteiger partial charge in [0, 0.05) is 5.54 Å². The first-order valence-corrected chi connectivity index (χ1v) is 5.61. The molecule has 0 radical (unpaired) electrons. The first kappa shape index (κ1) is 12.1. The van der Waals surface area contributed by atoms with Crippen LogP contribution in [0.4, 0.5) is 0 Å². The Hall–Kier alpha value is -1.01. The Bertz CT molecular complexity index is 249. The molecule has 1 fully saturated rings. The molecule has 15 heavy (non-hydrogen) atoms. The molecule has 0 atom stereocenters. The number of hydrogen-bond donors (Lipinski definition) is 2. The van der Waals surface area contributed by atoms with E-state index in [0.29, 0.717) is 13.1 Å². The minimum Gasteiger partial charge on any atom is -0.350 e. The molecule has 1 amide bonds. The first-order chi connectivity index (χ1) is 7.16. The minimum atomic E-state index is 0.00710. The summed E-state index contributed by atoms with van der Waals surface area (Å²) < 4.78 is 0. The van der Waals surface area contributed by atoms with Gasteiger partial charge in [-0.05, 0) is 19.8 Å². The third-order valence-electron chi connectivity index (χ3n) is 2.91. The Morgan fingerprint density at radius 1 is 1.40 bits per heavy atom. The SMILES string of the molecule is C#CCNCC(=O)NC1(C)CCCCC1. The molecule has 1 saturated carbocycles. The average Bonchev–Trinajstić information content (AvgIpc) is 2.18. The lowest BCUT2D eigenvalue weighted by Crippen LogP contribution is -2.49. The lowest BCUT2D eigenvalue weighted by molar-refractivity contribution is -0.122. The van der Waals surface area contributed by atoms with Gasteiger partial charge in [0.05, 0.1) is 13.1 Å². The predicted octanol–water partition coefficient (Wildman–Crippen LogP) is 1.05. The predicted molar refractivity (Wildman–Crippen MR) is 61.3 cm³/mol. The van der Waals surface area contributed by atoms with E-state index in [4.69, 9.17) is 6.42 Å². The van der Waals surface area contributed by atoms with Crippen LogP contribution in [0.2, 0.25) is 0 Å².